The third-order valence-electron chi connectivity index (χ3n) is 4.65. The van der Waals surface area contributed by atoms with E-state index < -0.39 is 17.8 Å². The second-order valence-corrected chi connectivity index (χ2v) is 7.31. The van der Waals surface area contributed by atoms with Crippen LogP contribution in [0.4, 0.5) is 5.69 Å². The van der Waals surface area contributed by atoms with Gasteiger partial charge in [0.05, 0.1) is 40.3 Å². The van der Waals surface area contributed by atoms with E-state index in [4.69, 9.17) is 23.2 Å². The monoisotopic (exact) mass is 395 g/mol. The summed E-state index contributed by atoms with van der Waals surface area (Å²) < 4.78 is 1.67. The summed E-state index contributed by atoms with van der Waals surface area (Å²) in [5.74, 6) is -2.28. The second kappa shape index (κ2) is 8.10. The summed E-state index contributed by atoms with van der Waals surface area (Å²) in [6, 6.07) is 5.34. The van der Waals surface area contributed by atoms with Crippen molar-refractivity contribution in [1.29, 1.82) is 0 Å². The molecule has 0 bridgehead atoms. The minimum atomic E-state index is -0.903. The Balaban J connectivity index is 1.65. The highest BCUT2D eigenvalue weighted by atomic mass is 35.5. The van der Waals surface area contributed by atoms with Gasteiger partial charge in [0.15, 0.2) is 0 Å². The Labute approximate surface area is 161 Å². The van der Waals surface area contributed by atoms with Crippen molar-refractivity contribution in [2.24, 2.45) is 11.8 Å². The summed E-state index contributed by atoms with van der Waals surface area (Å²) in [4.78, 5) is 23.9. The molecule has 8 heteroatoms. The Morgan fingerprint density at radius 1 is 1.19 bits per heavy atom. The predicted octanol–water partition coefficient (Wildman–Crippen LogP) is 4.07. The first kappa shape index (κ1) is 18.7. The molecule has 0 spiro atoms. The molecule has 1 fully saturated rings. The number of halogens is 2. The quantitative estimate of drug-likeness (QED) is 0.798. The van der Waals surface area contributed by atoms with Crippen LogP contribution in [0.3, 0.4) is 0 Å². The number of hydrogen-bond acceptors (Lipinski definition) is 3. The van der Waals surface area contributed by atoms with Gasteiger partial charge in [0, 0.05) is 6.20 Å². The van der Waals surface area contributed by atoms with Crippen molar-refractivity contribution in [2.75, 3.05) is 5.32 Å². The molecule has 0 radical (unpaired) electrons. The number of carboxylic acids is 1. The lowest BCUT2D eigenvalue weighted by atomic mass is 9.78. The molecular formula is C18H19Cl2N3O3. The highest BCUT2D eigenvalue weighted by Crippen LogP contribution is 2.31. The molecule has 0 saturated heterocycles. The molecule has 2 aromatic rings. The van der Waals surface area contributed by atoms with Crippen LogP contribution in [0.25, 0.3) is 0 Å². The fourth-order valence-corrected chi connectivity index (χ4v) is 3.64. The van der Waals surface area contributed by atoms with Gasteiger partial charge in [0.25, 0.3) is 0 Å². The zero-order chi connectivity index (χ0) is 18.7. The lowest BCUT2D eigenvalue weighted by Gasteiger charge is -2.27. The molecule has 6 nitrogen and oxygen atoms in total. The van der Waals surface area contributed by atoms with E-state index in [9.17, 15) is 14.7 Å². The highest BCUT2D eigenvalue weighted by Gasteiger charge is 2.35. The van der Waals surface area contributed by atoms with Crippen LogP contribution in [0.2, 0.25) is 10.0 Å². The molecule has 1 heterocycles. The summed E-state index contributed by atoms with van der Waals surface area (Å²) in [6.45, 7) is 0.480. The average Bonchev–Trinajstić information content (AvgIpc) is 3.05. The van der Waals surface area contributed by atoms with Gasteiger partial charge in [-0.1, -0.05) is 42.1 Å². The maximum Gasteiger partial charge on any atom is 0.307 e. The lowest BCUT2D eigenvalue weighted by molar-refractivity contribution is -0.147. The van der Waals surface area contributed by atoms with E-state index in [-0.39, 0.29) is 5.91 Å². The average molecular weight is 396 g/mol. The maximum absolute atomic E-state index is 12.5. The van der Waals surface area contributed by atoms with Gasteiger partial charge in [-0.25, -0.2) is 0 Å². The Morgan fingerprint density at radius 3 is 2.62 bits per heavy atom. The van der Waals surface area contributed by atoms with Crippen LogP contribution in [0, 0.1) is 11.8 Å². The Morgan fingerprint density at radius 2 is 1.92 bits per heavy atom. The number of nitrogens with zero attached hydrogens (tertiary/aromatic N) is 2. The van der Waals surface area contributed by atoms with Crippen LogP contribution in [-0.2, 0) is 16.1 Å². The number of hydrogen-bond donors (Lipinski definition) is 2. The molecule has 1 aromatic heterocycles. The maximum atomic E-state index is 12.5. The summed E-state index contributed by atoms with van der Waals surface area (Å²) in [7, 11) is 0. The molecule has 1 aliphatic rings. The fraction of sp³-hybridized carbons (Fsp3) is 0.389. The summed E-state index contributed by atoms with van der Waals surface area (Å²) in [5.41, 5.74) is 1.48. The van der Waals surface area contributed by atoms with Crippen molar-refractivity contribution in [3.8, 4) is 0 Å². The molecule has 0 unspecified atom stereocenters. The first-order valence-corrected chi connectivity index (χ1v) is 9.19. The van der Waals surface area contributed by atoms with E-state index in [0.29, 0.717) is 35.1 Å². The lowest BCUT2D eigenvalue weighted by Crippen LogP contribution is -2.35. The molecular weight excluding hydrogens is 377 g/mol. The minimum absolute atomic E-state index is 0.258. The molecule has 1 saturated carbocycles. The molecule has 138 valence electrons. The number of anilines is 1. The van der Waals surface area contributed by atoms with Crippen LogP contribution in [0.5, 0.6) is 0 Å². The minimum Gasteiger partial charge on any atom is -0.481 e. The largest absolute Gasteiger partial charge is 0.481 e. The first-order valence-electron chi connectivity index (χ1n) is 8.44. The smallest absolute Gasteiger partial charge is 0.307 e. The number of carboxylic acid groups (broad SMARTS) is 1. The Kier molecular flexibility index (Phi) is 5.84. The van der Waals surface area contributed by atoms with E-state index in [1.807, 2.05) is 6.07 Å². The van der Waals surface area contributed by atoms with Crippen LogP contribution < -0.4 is 5.32 Å². The molecule has 1 aliphatic carbocycles. The van der Waals surface area contributed by atoms with Crippen LogP contribution in [0.15, 0.2) is 30.6 Å². The number of amides is 1. The second-order valence-electron chi connectivity index (χ2n) is 6.50. The molecule has 2 atom stereocenters. The molecule has 2 N–H and O–H groups in total. The Hall–Kier alpha value is -2.05. The topological polar surface area (TPSA) is 84.2 Å². The first-order chi connectivity index (χ1) is 12.4. The zero-order valence-corrected chi connectivity index (χ0v) is 15.5. The van der Waals surface area contributed by atoms with Gasteiger partial charge in [-0.2, -0.15) is 5.10 Å². The SMILES string of the molecule is O=C(Nc1cnn(Cc2ccc(Cl)c(Cl)c2)c1)[C@H]1CCCC[C@H]1C(=O)O. The van der Waals surface area contributed by atoms with Crippen molar-refractivity contribution in [1.82, 2.24) is 9.78 Å². The van der Waals surface area contributed by atoms with Crippen LogP contribution in [-0.4, -0.2) is 26.8 Å². The number of rotatable bonds is 5. The van der Waals surface area contributed by atoms with Gasteiger partial charge in [-0.3, -0.25) is 14.3 Å². The van der Waals surface area contributed by atoms with Gasteiger partial charge in [-0.15, -0.1) is 0 Å². The van der Waals surface area contributed by atoms with Gasteiger partial charge in [0.2, 0.25) is 5.91 Å². The number of nitrogens with one attached hydrogen (secondary N) is 1. The van der Waals surface area contributed by atoms with E-state index in [1.54, 1.807) is 29.2 Å². The van der Waals surface area contributed by atoms with Crippen molar-refractivity contribution < 1.29 is 14.7 Å². The molecule has 0 aliphatic heterocycles. The zero-order valence-electron chi connectivity index (χ0n) is 14.0. The third kappa shape index (κ3) is 4.37. The molecule has 1 aromatic carbocycles. The van der Waals surface area contributed by atoms with Gasteiger partial charge >= 0.3 is 5.97 Å². The van der Waals surface area contributed by atoms with Gasteiger partial charge < -0.3 is 10.4 Å². The normalized spacial score (nSPS) is 19.9. The van der Waals surface area contributed by atoms with E-state index in [1.165, 1.54) is 0 Å². The van der Waals surface area contributed by atoms with Crippen molar-refractivity contribution in [2.45, 2.75) is 32.2 Å². The van der Waals surface area contributed by atoms with Crippen molar-refractivity contribution in [3.05, 3.63) is 46.2 Å². The van der Waals surface area contributed by atoms with Gasteiger partial charge in [0.1, 0.15) is 0 Å². The molecule has 3 rings (SSSR count). The van der Waals surface area contributed by atoms with Crippen molar-refractivity contribution >= 4 is 40.8 Å². The number of benzene rings is 1. The van der Waals surface area contributed by atoms with Crippen LogP contribution >= 0.6 is 23.2 Å². The van der Waals surface area contributed by atoms with E-state index >= 15 is 0 Å². The van der Waals surface area contributed by atoms with E-state index in [0.717, 1.165) is 18.4 Å². The van der Waals surface area contributed by atoms with E-state index in [2.05, 4.69) is 10.4 Å². The predicted molar refractivity (Wildman–Crippen MR) is 99.5 cm³/mol. The number of aliphatic carboxylic acids is 1. The number of aromatic nitrogens is 2. The highest BCUT2D eigenvalue weighted by molar-refractivity contribution is 6.42. The molecule has 1 amide bonds. The summed E-state index contributed by atoms with van der Waals surface area (Å²) in [5, 5.41) is 17.3. The third-order valence-corrected chi connectivity index (χ3v) is 5.39. The van der Waals surface area contributed by atoms with Gasteiger partial charge in [-0.05, 0) is 30.5 Å². The summed E-state index contributed by atoms with van der Waals surface area (Å²) in [6.07, 6.45) is 6.12. The number of carbonyl (C=O) groups excluding carboxylic acids is 1. The fourth-order valence-electron chi connectivity index (χ4n) is 3.31. The standard InChI is InChI=1S/C18H19Cl2N3O3/c19-15-6-5-11(7-16(15)20)9-23-10-12(8-21-23)22-17(24)13-3-1-2-4-14(13)18(25)26/h5-8,10,13-14H,1-4,9H2,(H,22,24)(H,25,26)/t13-,14+/m0/s1. The van der Waals surface area contributed by atoms with Crippen molar-refractivity contribution in [3.63, 3.8) is 0 Å². The molecule has 26 heavy (non-hydrogen) atoms. The summed E-state index contributed by atoms with van der Waals surface area (Å²) >= 11 is 11.9. The Bertz CT molecular complexity index is 822. The van der Waals surface area contributed by atoms with Crippen LogP contribution in [0.1, 0.15) is 31.2 Å². The number of carbonyl (C=O) groups is 2.